The fourth-order valence-corrected chi connectivity index (χ4v) is 16.5. The molecule has 6 aliphatic rings. The normalized spacial score (nSPS) is 22.1. The van der Waals surface area contributed by atoms with Gasteiger partial charge in [0.25, 0.3) is 0 Å². The molecule has 78 heavy (non-hydrogen) atoms. The van der Waals surface area contributed by atoms with Gasteiger partial charge in [0, 0.05) is 44.8 Å². The second-order valence-electron chi connectivity index (χ2n) is 31.7. The predicted octanol–water partition coefficient (Wildman–Crippen LogP) is 19.1. The molecule has 0 amide bonds. The quantitative estimate of drug-likeness (QED) is 0.177. The molecule has 1 aliphatic heterocycles. The van der Waals surface area contributed by atoms with E-state index >= 15 is 0 Å². The molecule has 0 unspecified atom stereocenters. The molecule has 13 rings (SSSR count). The Morgan fingerprint density at radius 3 is 1.47 bits per heavy atom. The van der Waals surface area contributed by atoms with E-state index in [1.54, 1.807) is 5.56 Å². The summed E-state index contributed by atoms with van der Waals surface area (Å²) in [7, 11) is 0.851. The van der Waals surface area contributed by atoms with Gasteiger partial charge < -0.3 is 10.2 Å². The van der Waals surface area contributed by atoms with Crippen LogP contribution in [0.4, 0.5) is 28.4 Å². The number of fused-ring (bicyclic) bond motifs is 11. The van der Waals surface area contributed by atoms with Gasteiger partial charge in [0.05, 0.1) is 0 Å². The smallest absolute Gasteiger partial charge is 0.198 e. The average Bonchev–Trinajstić information content (AvgIpc) is 3.66. The van der Waals surface area contributed by atoms with Crippen molar-refractivity contribution in [1.29, 1.82) is 0 Å². The number of hydrogen-bond donors (Lipinski definition) is 1. The second-order valence-corrected chi connectivity index (χ2v) is 31.7. The van der Waals surface area contributed by atoms with E-state index in [2.05, 4.69) is 238 Å². The molecule has 2 nitrogen and oxygen atoms in total. The zero-order chi connectivity index (χ0) is 55.4. The maximum absolute atomic E-state index is 4.28. The largest absolute Gasteiger partial charge is 0.355 e. The Balaban J connectivity index is 1.13. The molecular weight excluding hydrogens is 940 g/mol. The van der Waals surface area contributed by atoms with Crippen LogP contribution in [-0.2, 0) is 48.7 Å². The van der Waals surface area contributed by atoms with E-state index in [9.17, 15) is 0 Å². The zero-order valence-electron chi connectivity index (χ0n) is 51.1. The second kappa shape index (κ2) is 16.3. The van der Waals surface area contributed by atoms with E-state index in [0.717, 1.165) is 7.28 Å². The molecule has 7 aromatic carbocycles. The first kappa shape index (κ1) is 51.9. The number of anilines is 5. The highest BCUT2D eigenvalue weighted by Crippen LogP contribution is 2.60. The minimum Gasteiger partial charge on any atom is -0.355 e. The fraction of sp³-hybridized carbons (Fsp3) is 0.467. The number of hydrogen-bond acceptors (Lipinski definition) is 2. The molecule has 0 aromatic heterocycles. The molecule has 3 heteroatoms. The Hall–Kier alpha value is -5.54. The van der Waals surface area contributed by atoms with Gasteiger partial charge in [-0.2, -0.15) is 0 Å². The van der Waals surface area contributed by atoms with E-state index in [1.807, 2.05) is 0 Å². The summed E-state index contributed by atoms with van der Waals surface area (Å²) in [6.07, 6.45) is 9.53. The van der Waals surface area contributed by atoms with Gasteiger partial charge in [-0.15, -0.1) is 0 Å². The van der Waals surface area contributed by atoms with E-state index in [0.29, 0.717) is 0 Å². The van der Waals surface area contributed by atoms with Crippen LogP contribution in [0.5, 0.6) is 0 Å². The first-order chi connectivity index (χ1) is 36.3. The molecule has 0 saturated carbocycles. The lowest BCUT2D eigenvalue weighted by molar-refractivity contribution is 0.331. The van der Waals surface area contributed by atoms with Gasteiger partial charge in [-0.3, -0.25) is 0 Å². The molecule has 0 saturated heterocycles. The molecule has 0 radical (unpaired) electrons. The Morgan fingerprint density at radius 2 is 0.885 bits per heavy atom. The van der Waals surface area contributed by atoms with Crippen molar-refractivity contribution in [3.05, 3.63) is 159 Å². The summed E-state index contributed by atoms with van der Waals surface area (Å²) in [5, 5.41) is 6.88. The third kappa shape index (κ3) is 7.53. The Labute approximate surface area is 470 Å². The fourth-order valence-electron chi connectivity index (χ4n) is 16.5. The van der Waals surface area contributed by atoms with E-state index < -0.39 is 0 Å². The van der Waals surface area contributed by atoms with Crippen LogP contribution in [0.25, 0.3) is 33.0 Å². The number of benzene rings is 7. The predicted molar refractivity (Wildman–Crippen MR) is 339 cm³/mol. The Kier molecular flexibility index (Phi) is 10.9. The number of rotatable bonds is 4. The topological polar surface area (TPSA) is 15.3 Å². The van der Waals surface area contributed by atoms with Crippen LogP contribution < -0.4 is 21.1 Å². The van der Waals surface area contributed by atoms with Crippen LogP contribution >= 0.6 is 0 Å². The maximum atomic E-state index is 4.28. The van der Waals surface area contributed by atoms with Gasteiger partial charge in [0.2, 0.25) is 0 Å². The van der Waals surface area contributed by atoms with Gasteiger partial charge in [-0.25, -0.2) is 0 Å². The number of nitrogens with zero attached hydrogens (tertiary/aromatic N) is 1. The molecular formula is C75H89BN2. The standard InChI is InChI=1S/C75H89BN2/c1-67(2)29-31-69(5,6)54-38-45(23-26-51(54)67)77-61-28-25-48-49-40-56-57(72(11,12)34-33-71(56,9)10)41-53(49)75(17,18)64(48)63(61)50-37-44-21-19-20-22-47(44)66-65(50)76-60-42-58-59(74(15,16)36-35-73(58,13)14)43-62(60)78(66)46-24-27-52-55(39-46)70(7,8)32-30-68(52,3)4/h19-28,37-43,76-77H,29-36H2,1-18H3. The highest BCUT2D eigenvalue weighted by atomic mass is 15.2. The van der Waals surface area contributed by atoms with Crippen LogP contribution in [0, 0.1) is 0 Å². The average molecular weight is 1030 g/mol. The zero-order valence-corrected chi connectivity index (χ0v) is 51.1. The minimum atomic E-state index is -0.289. The highest BCUT2D eigenvalue weighted by molar-refractivity contribution is 6.74. The number of nitrogens with one attached hydrogen (secondary N) is 1. The van der Waals surface area contributed by atoms with Gasteiger partial charge in [0.15, 0.2) is 7.28 Å². The van der Waals surface area contributed by atoms with Crippen molar-refractivity contribution in [1.82, 2.24) is 0 Å². The minimum absolute atomic E-state index is 0.0607. The van der Waals surface area contributed by atoms with E-state index in [-0.39, 0.29) is 48.7 Å². The van der Waals surface area contributed by atoms with Gasteiger partial charge >= 0.3 is 0 Å². The van der Waals surface area contributed by atoms with Crippen molar-refractivity contribution >= 4 is 57.4 Å². The molecule has 1 heterocycles. The van der Waals surface area contributed by atoms with Crippen molar-refractivity contribution in [3.8, 4) is 22.3 Å². The van der Waals surface area contributed by atoms with Crippen molar-refractivity contribution in [3.63, 3.8) is 0 Å². The molecule has 1 N–H and O–H groups in total. The lowest BCUT2D eigenvalue weighted by Crippen LogP contribution is -2.44. The third-order valence-corrected chi connectivity index (χ3v) is 22.3. The van der Waals surface area contributed by atoms with E-state index in [4.69, 9.17) is 0 Å². The summed E-state index contributed by atoms with van der Waals surface area (Å²) in [6.45, 7) is 44.8. The highest BCUT2D eigenvalue weighted by Gasteiger charge is 2.47. The van der Waals surface area contributed by atoms with Crippen molar-refractivity contribution < 1.29 is 0 Å². The first-order valence-corrected chi connectivity index (χ1v) is 30.3. The lowest BCUT2D eigenvalue weighted by Gasteiger charge is -2.45. The monoisotopic (exact) mass is 1030 g/mol. The summed E-state index contributed by atoms with van der Waals surface area (Å²) < 4.78 is 0. The first-order valence-electron chi connectivity index (χ1n) is 30.3. The van der Waals surface area contributed by atoms with Gasteiger partial charge in [0.1, 0.15) is 0 Å². The van der Waals surface area contributed by atoms with Gasteiger partial charge in [-0.05, 0) is 226 Å². The van der Waals surface area contributed by atoms with Crippen LogP contribution in [0.15, 0.2) is 103 Å². The van der Waals surface area contributed by atoms with Crippen molar-refractivity contribution in [2.75, 3.05) is 10.2 Å². The summed E-state index contributed by atoms with van der Waals surface area (Å²) >= 11 is 0. The molecule has 0 spiro atoms. The van der Waals surface area contributed by atoms with E-state index in [1.165, 1.54) is 174 Å². The SMILES string of the molecule is CC1(C)CCC(C)(C)c2cc(Nc3ccc4c(c3-c3cc5ccccc5c5c3Bc3cc6c(cc3N5c3ccc5c(c3)C(C)(C)CCC5(C)C)C(C)(C)CCC6(C)C)C(C)(C)c3cc5c(cc3-4)C(C)(C)CCC5(C)C)ccc21. The van der Waals surface area contributed by atoms with Crippen LogP contribution in [-0.4, -0.2) is 7.28 Å². The molecule has 0 fully saturated rings. The van der Waals surface area contributed by atoms with Crippen LogP contribution in [0.3, 0.4) is 0 Å². The molecule has 0 atom stereocenters. The summed E-state index contributed by atoms with van der Waals surface area (Å²) in [6, 6.07) is 42.6. The lowest BCUT2D eigenvalue weighted by atomic mass is 9.54. The molecule has 0 bridgehead atoms. The maximum Gasteiger partial charge on any atom is 0.198 e. The Morgan fingerprint density at radius 1 is 0.397 bits per heavy atom. The Bertz CT molecular complexity index is 3730. The summed E-state index contributed by atoms with van der Waals surface area (Å²) in [4.78, 5) is 2.76. The molecule has 402 valence electrons. The summed E-state index contributed by atoms with van der Waals surface area (Å²) in [5.41, 5.74) is 30.2. The van der Waals surface area contributed by atoms with Crippen molar-refractivity contribution in [2.45, 2.75) is 225 Å². The van der Waals surface area contributed by atoms with Gasteiger partial charge in [-0.1, -0.05) is 185 Å². The van der Waals surface area contributed by atoms with Crippen LogP contribution in [0.2, 0.25) is 0 Å². The molecule has 5 aliphatic carbocycles. The summed E-state index contributed by atoms with van der Waals surface area (Å²) in [5.74, 6) is 0. The third-order valence-electron chi connectivity index (χ3n) is 22.3. The van der Waals surface area contributed by atoms with Crippen LogP contribution in [0.1, 0.15) is 232 Å². The molecule has 7 aromatic rings. The van der Waals surface area contributed by atoms with Crippen molar-refractivity contribution in [2.24, 2.45) is 0 Å².